The van der Waals surface area contributed by atoms with Crippen LogP contribution in [0, 0.1) is 10.1 Å². The van der Waals surface area contributed by atoms with Crippen LogP contribution in [0.25, 0.3) is 0 Å². The van der Waals surface area contributed by atoms with E-state index in [1.165, 1.54) is 0 Å². The summed E-state index contributed by atoms with van der Waals surface area (Å²) in [6.45, 7) is 8.07. The molecule has 1 amide bonds. The van der Waals surface area contributed by atoms with Gasteiger partial charge in [-0.15, -0.1) is 0 Å². The zero-order chi connectivity index (χ0) is 23.0. The maximum atomic E-state index is 13.2. The van der Waals surface area contributed by atoms with Gasteiger partial charge in [0.15, 0.2) is 17.0 Å². The van der Waals surface area contributed by atoms with E-state index in [1.54, 1.807) is 42.5 Å². The number of nitrogens with zero attached hydrogens (tertiary/aromatic N) is 1. The first kappa shape index (κ1) is 22.3. The Bertz CT molecular complexity index is 1090. The third-order valence-electron chi connectivity index (χ3n) is 6.03. The molecule has 2 N–H and O–H groups in total. The van der Waals surface area contributed by atoms with Gasteiger partial charge in [-0.1, -0.05) is 30.9 Å². The Kier molecular flexibility index (Phi) is 5.96. The van der Waals surface area contributed by atoms with Gasteiger partial charge in [0.25, 0.3) is 11.9 Å². The van der Waals surface area contributed by atoms with Crippen molar-refractivity contribution in [3.8, 4) is 11.5 Å². The van der Waals surface area contributed by atoms with Gasteiger partial charge in [-0.2, -0.15) is 0 Å². The van der Waals surface area contributed by atoms with Crippen molar-refractivity contribution in [1.82, 2.24) is 5.32 Å². The van der Waals surface area contributed by atoms with E-state index in [2.05, 4.69) is 33.1 Å². The van der Waals surface area contributed by atoms with Crippen molar-refractivity contribution in [2.75, 3.05) is 18.5 Å². The molecule has 1 fully saturated rings. The number of hydrogen-bond donors (Lipinski definition) is 2. The van der Waals surface area contributed by atoms with Crippen molar-refractivity contribution in [3.05, 3.63) is 74.8 Å². The molecule has 1 spiro atoms. The Hall–Kier alpha value is -2.91. The third-order valence-corrected chi connectivity index (χ3v) is 6.61. The van der Waals surface area contributed by atoms with Gasteiger partial charge < -0.3 is 14.8 Å². The highest BCUT2D eigenvalue weighted by Gasteiger charge is 2.67. The van der Waals surface area contributed by atoms with Crippen LogP contribution in [0.1, 0.15) is 30.9 Å². The Morgan fingerprint density at radius 1 is 1.31 bits per heavy atom. The second-order valence-electron chi connectivity index (χ2n) is 7.86. The molecule has 1 saturated heterocycles. The monoisotopic (exact) mass is 501 g/mol. The number of amides is 1. The van der Waals surface area contributed by atoms with Crippen LogP contribution in [0.15, 0.2) is 53.5 Å². The van der Waals surface area contributed by atoms with Crippen molar-refractivity contribution < 1.29 is 19.2 Å². The predicted molar refractivity (Wildman–Crippen MR) is 124 cm³/mol. The number of nitrogens with one attached hydrogen (secondary N) is 2. The van der Waals surface area contributed by atoms with Crippen LogP contribution in [-0.2, 0) is 10.3 Å². The zero-order valence-corrected chi connectivity index (χ0v) is 19.3. The lowest BCUT2D eigenvalue weighted by Crippen LogP contribution is -2.54. The molecule has 2 aliphatic heterocycles. The Morgan fingerprint density at radius 2 is 2.06 bits per heavy atom. The molecule has 2 heterocycles. The minimum atomic E-state index is -1.46. The fourth-order valence-corrected chi connectivity index (χ4v) is 5.45. The number of anilines is 1. The number of fused-ring (bicyclic) bond motifs is 2. The molecular formula is C23H24BrN3O5. The average Bonchev–Trinajstić information content (AvgIpc) is 3.22. The van der Waals surface area contributed by atoms with E-state index < -0.39 is 23.4 Å². The smallest absolute Gasteiger partial charge is 0.256 e. The van der Waals surface area contributed by atoms with Crippen LogP contribution in [0.3, 0.4) is 0 Å². The molecule has 2 aliphatic rings. The Morgan fingerprint density at radius 3 is 2.75 bits per heavy atom. The minimum absolute atomic E-state index is 0.289. The first-order valence-electron chi connectivity index (χ1n) is 10.4. The van der Waals surface area contributed by atoms with Gasteiger partial charge in [-0.3, -0.25) is 20.2 Å². The molecular weight excluding hydrogens is 478 g/mol. The molecule has 4 atom stereocenters. The second-order valence-corrected chi connectivity index (χ2v) is 8.71. The fraction of sp³-hybridized carbons (Fsp3) is 0.348. The van der Waals surface area contributed by atoms with Gasteiger partial charge in [0.05, 0.1) is 17.0 Å². The summed E-state index contributed by atoms with van der Waals surface area (Å²) in [6, 6.07) is 9.09. The van der Waals surface area contributed by atoms with E-state index in [9.17, 15) is 14.9 Å². The van der Waals surface area contributed by atoms with Gasteiger partial charge in [-0.05, 0) is 53.5 Å². The molecule has 0 unspecified atom stereocenters. The summed E-state index contributed by atoms with van der Waals surface area (Å²) in [5.41, 5.74) is 0.410. The summed E-state index contributed by atoms with van der Waals surface area (Å²) in [5.74, 6) is -0.0219. The minimum Gasteiger partial charge on any atom is -0.490 e. The third kappa shape index (κ3) is 3.36. The summed E-state index contributed by atoms with van der Waals surface area (Å²) >= 11 is 3.53. The summed E-state index contributed by atoms with van der Waals surface area (Å²) in [6.07, 6.45) is 1.63. The largest absolute Gasteiger partial charge is 0.490 e. The molecule has 0 radical (unpaired) electrons. The number of benzene rings is 2. The highest BCUT2D eigenvalue weighted by atomic mass is 79.9. The molecule has 0 aromatic heterocycles. The topological polar surface area (TPSA) is 103 Å². The number of carbonyl (C=O) groups excluding carboxylic acids is 1. The molecule has 2 aromatic rings. The van der Waals surface area contributed by atoms with Crippen LogP contribution in [0.4, 0.5) is 5.69 Å². The van der Waals surface area contributed by atoms with Crippen molar-refractivity contribution >= 4 is 27.5 Å². The summed E-state index contributed by atoms with van der Waals surface area (Å²) < 4.78 is 12.1. The molecule has 8 nitrogen and oxygen atoms in total. The van der Waals surface area contributed by atoms with E-state index in [0.717, 1.165) is 0 Å². The molecule has 168 valence electrons. The average molecular weight is 502 g/mol. The summed E-state index contributed by atoms with van der Waals surface area (Å²) in [7, 11) is 0. The first-order chi connectivity index (χ1) is 15.3. The maximum absolute atomic E-state index is 13.2. The van der Waals surface area contributed by atoms with E-state index in [-0.39, 0.29) is 17.6 Å². The normalized spacial score (nSPS) is 26.0. The SMILES string of the molecule is C=CCOc1c(Br)cc([C@@H]2[C@H](C)N[C@@]3(C(=O)Nc4ccccc43)[C@@H]2[N+](=O)[O-])cc1OCC. The van der Waals surface area contributed by atoms with Crippen LogP contribution < -0.4 is 20.1 Å². The second kappa shape index (κ2) is 8.55. The Labute approximate surface area is 194 Å². The molecule has 0 bridgehead atoms. The zero-order valence-electron chi connectivity index (χ0n) is 17.8. The van der Waals surface area contributed by atoms with Crippen molar-refractivity contribution in [2.45, 2.75) is 37.4 Å². The number of hydrogen-bond acceptors (Lipinski definition) is 6. The van der Waals surface area contributed by atoms with Crippen LogP contribution >= 0.6 is 15.9 Å². The Balaban J connectivity index is 1.85. The molecule has 4 rings (SSSR count). The highest BCUT2D eigenvalue weighted by molar-refractivity contribution is 9.10. The van der Waals surface area contributed by atoms with Crippen LogP contribution in [0.5, 0.6) is 11.5 Å². The van der Waals surface area contributed by atoms with E-state index in [0.29, 0.717) is 39.4 Å². The summed E-state index contributed by atoms with van der Waals surface area (Å²) in [4.78, 5) is 25.3. The number of nitro groups is 1. The maximum Gasteiger partial charge on any atom is 0.256 e. The van der Waals surface area contributed by atoms with Crippen molar-refractivity contribution in [2.24, 2.45) is 0 Å². The van der Waals surface area contributed by atoms with Gasteiger partial charge in [0, 0.05) is 22.2 Å². The number of halogens is 1. The lowest BCUT2D eigenvalue weighted by Gasteiger charge is -2.25. The van der Waals surface area contributed by atoms with Gasteiger partial charge in [0.2, 0.25) is 0 Å². The van der Waals surface area contributed by atoms with Crippen LogP contribution in [-0.4, -0.2) is 36.1 Å². The fourth-order valence-electron chi connectivity index (χ4n) is 4.88. The van der Waals surface area contributed by atoms with Crippen LogP contribution in [0.2, 0.25) is 0 Å². The van der Waals surface area contributed by atoms with E-state index in [1.807, 2.05) is 13.8 Å². The lowest BCUT2D eigenvalue weighted by molar-refractivity contribution is -0.532. The van der Waals surface area contributed by atoms with Gasteiger partial charge in [0.1, 0.15) is 6.61 Å². The van der Waals surface area contributed by atoms with Crippen molar-refractivity contribution in [1.29, 1.82) is 0 Å². The number of para-hydroxylation sites is 1. The molecule has 9 heteroatoms. The quantitative estimate of drug-likeness (QED) is 0.338. The number of ether oxygens (including phenoxy) is 2. The molecule has 0 aliphatic carbocycles. The molecule has 2 aromatic carbocycles. The lowest BCUT2D eigenvalue weighted by atomic mass is 9.78. The van der Waals surface area contributed by atoms with Gasteiger partial charge in [-0.25, -0.2) is 0 Å². The van der Waals surface area contributed by atoms with E-state index >= 15 is 0 Å². The molecule has 0 saturated carbocycles. The summed E-state index contributed by atoms with van der Waals surface area (Å²) in [5, 5.41) is 18.6. The van der Waals surface area contributed by atoms with Crippen molar-refractivity contribution in [3.63, 3.8) is 0 Å². The first-order valence-corrected chi connectivity index (χ1v) is 11.2. The van der Waals surface area contributed by atoms with E-state index in [4.69, 9.17) is 9.47 Å². The number of carbonyl (C=O) groups is 1. The highest BCUT2D eigenvalue weighted by Crippen LogP contribution is 2.51. The molecule has 32 heavy (non-hydrogen) atoms. The predicted octanol–water partition coefficient (Wildman–Crippen LogP) is 3.98. The standard InChI is InChI=1S/C23H24BrN3O5/c1-4-10-32-20-16(24)11-14(12-18(20)31-5-2)19-13(3)26-23(21(19)27(29)30)15-8-6-7-9-17(15)25-22(23)28/h4,6-9,11-13,19,21,26H,1,5,10H2,2-3H3,(H,25,28)/t13-,19-,21+,23+/m0/s1. The number of rotatable bonds is 7. The van der Waals surface area contributed by atoms with Gasteiger partial charge >= 0.3 is 0 Å².